The Morgan fingerprint density at radius 1 is 1.24 bits per heavy atom. The number of aromatic nitrogens is 2. The molecule has 0 saturated carbocycles. The van der Waals surface area contributed by atoms with E-state index in [0.29, 0.717) is 11.3 Å². The maximum atomic E-state index is 9.23. The van der Waals surface area contributed by atoms with E-state index >= 15 is 0 Å². The van der Waals surface area contributed by atoms with Crippen LogP contribution < -0.4 is 16.2 Å². The highest BCUT2D eigenvalue weighted by Crippen LogP contribution is 2.35. The van der Waals surface area contributed by atoms with Crippen LogP contribution in [-0.2, 0) is 0 Å². The molecule has 1 heterocycles. The van der Waals surface area contributed by atoms with Gasteiger partial charge in [-0.2, -0.15) is 15.5 Å². The van der Waals surface area contributed by atoms with Crippen molar-refractivity contribution in [3.8, 4) is 29.1 Å². The topological polar surface area (TPSA) is 135 Å². The van der Waals surface area contributed by atoms with Crippen LogP contribution in [-0.4, -0.2) is 16.6 Å². The molecule has 1 aromatic carbocycles. The number of rotatable bonds is 3. The minimum atomic E-state index is -0.132. The second-order valence-electron chi connectivity index (χ2n) is 3.89. The van der Waals surface area contributed by atoms with Crippen LogP contribution in [0.2, 0.25) is 0 Å². The molecule has 1 aromatic heterocycles. The van der Waals surface area contributed by atoms with Gasteiger partial charge in [-0.15, -0.1) is 0 Å². The number of hydrogen-bond acceptors (Lipinski definition) is 7. The van der Waals surface area contributed by atoms with Crippen molar-refractivity contribution in [2.24, 2.45) is 0 Å². The van der Waals surface area contributed by atoms with E-state index in [-0.39, 0.29) is 29.6 Å². The maximum absolute atomic E-state index is 9.23. The number of nitrogen functional groups attached to an aromatic ring is 2. The highest BCUT2D eigenvalue weighted by molar-refractivity contribution is 9.10. The van der Waals surface area contributed by atoms with Gasteiger partial charge >= 0.3 is 0 Å². The van der Waals surface area contributed by atoms with E-state index in [0.717, 1.165) is 4.47 Å². The highest BCUT2D eigenvalue weighted by atomic mass is 79.9. The molecule has 0 aliphatic heterocycles. The van der Waals surface area contributed by atoms with E-state index in [1.54, 1.807) is 18.2 Å². The second kappa shape index (κ2) is 6.07. The van der Waals surface area contributed by atoms with Gasteiger partial charge in [0.15, 0.2) is 6.61 Å². The second-order valence-corrected chi connectivity index (χ2v) is 4.81. The molecule has 0 atom stereocenters. The molecule has 4 N–H and O–H groups in total. The van der Waals surface area contributed by atoms with E-state index < -0.39 is 0 Å². The molecule has 104 valence electrons. The molecule has 8 heteroatoms. The molecule has 0 bridgehead atoms. The molecule has 2 aromatic rings. The first-order valence-electron chi connectivity index (χ1n) is 5.69. The predicted octanol–water partition coefficient (Wildman–Crippen LogP) is 1.84. The van der Waals surface area contributed by atoms with Gasteiger partial charge < -0.3 is 16.2 Å². The van der Waals surface area contributed by atoms with Crippen LogP contribution in [0.3, 0.4) is 0 Å². The Labute approximate surface area is 128 Å². The number of ether oxygens (including phenoxy) is 1. The van der Waals surface area contributed by atoms with Crippen molar-refractivity contribution < 1.29 is 4.74 Å². The number of anilines is 2. The van der Waals surface area contributed by atoms with Crippen molar-refractivity contribution in [1.29, 1.82) is 10.5 Å². The average Bonchev–Trinajstić information content (AvgIpc) is 2.45. The molecule has 2 rings (SSSR count). The smallest absolute Gasteiger partial charge is 0.222 e. The molecule has 0 saturated heterocycles. The summed E-state index contributed by atoms with van der Waals surface area (Å²) in [5.41, 5.74) is 12.2. The fourth-order valence-corrected chi connectivity index (χ4v) is 2.09. The van der Waals surface area contributed by atoms with E-state index in [1.165, 1.54) is 0 Å². The summed E-state index contributed by atoms with van der Waals surface area (Å²) in [6.45, 7) is -0.132. The van der Waals surface area contributed by atoms with Crippen LogP contribution in [0, 0.1) is 22.7 Å². The molecule has 0 fully saturated rings. The monoisotopic (exact) mass is 344 g/mol. The van der Waals surface area contributed by atoms with E-state index in [1.807, 2.05) is 12.1 Å². The van der Waals surface area contributed by atoms with Gasteiger partial charge in [0, 0.05) is 10.0 Å². The minimum Gasteiger partial charge on any atom is -0.478 e. The fraction of sp³-hybridized carbons (Fsp3) is 0.0769. The van der Waals surface area contributed by atoms with Gasteiger partial charge in [0.25, 0.3) is 0 Å². The summed E-state index contributed by atoms with van der Waals surface area (Å²) in [6.07, 6.45) is 0. The molecule has 0 spiro atoms. The molecule has 0 amide bonds. The van der Waals surface area contributed by atoms with E-state index in [9.17, 15) is 5.26 Å². The molecule has 0 radical (unpaired) electrons. The van der Waals surface area contributed by atoms with Gasteiger partial charge in [-0.05, 0) is 18.2 Å². The van der Waals surface area contributed by atoms with Gasteiger partial charge in [-0.3, -0.25) is 0 Å². The highest BCUT2D eigenvalue weighted by Gasteiger charge is 2.17. The summed E-state index contributed by atoms with van der Waals surface area (Å²) in [5, 5.41) is 17.9. The zero-order valence-electron chi connectivity index (χ0n) is 10.7. The largest absolute Gasteiger partial charge is 0.478 e. The number of nitriles is 2. The maximum Gasteiger partial charge on any atom is 0.222 e. The summed E-state index contributed by atoms with van der Waals surface area (Å²) in [5.74, 6) is 0.340. The Hall–Kier alpha value is -2.84. The van der Waals surface area contributed by atoms with Crippen molar-refractivity contribution in [3.05, 3.63) is 28.2 Å². The summed E-state index contributed by atoms with van der Waals surface area (Å²) in [6, 6.07) is 8.94. The summed E-state index contributed by atoms with van der Waals surface area (Å²) in [7, 11) is 0. The first-order chi connectivity index (χ1) is 10.1. The predicted molar refractivity (Wildman–Crippen MR) is 79.8 cm³/mol. The molecule has 21 heavy (non-hydrogen) atoms. The number of nitrogens with zero attached hydrogens (tertiary/aromatic N) is 4. The Kier molecular flexibility index (Phi) is 4.21. The lowest BCUT2D eigenvalue weighted by Crippen LogP contribution is -2.06. The Morgan fingerprint density at radius 3 is 2.67 bits per heavy atom. The van der Waals surface area contributed by atoms with E-state index in [4.69, 9.17) is 21.5 Å². The lowest BCUT2D eigenvalue weighted by Gasteiger charge is -2.12. The molecule has 0 aliphatic rings. The van der Waals surface area contributed by atoms with Crippen molar-refractivity contribution in [1.82, 2.24) is 9.97 Å². The lowest BCUT2D eigenvalue weighted by molar-refractivity contribution is 0.369. The normalized spacial score (nSPS) is 9.67. The van der Waals surface area contributed by atoms with Crippen molar-refractivity contribution in [2.75, 3.05) is 18.1 Å². The van der Waals surface area contributed by atoms with Crippen LogP contribution >= 0.6 is 15.9 Å². The first-order valence-corrected chi connectivity index (χ1v) is 6.49. The fourth-order valence-electron chi connectivity index (χ4n) is 1.72. The number of nitrogens with two attached hydrogens (primary N) is 2. The Balaban J connectivity index is 2.69. The minimum absolute atomic E-state index is 0.00814. The standard InChI is InChI=1S/C13H9BrN6O/c14-7-1-2-10(21-4-3-15)8(5-7)11-9(6-16)12(17)20-13(18)19-11/h1-2,5H,4H2,(H4,17,18,19,20). The van der Waals surface area contributed by atoms with Crippen LogP contribution in [0.5, 0.6) is 5.75 Å². The summed E-state index contributed by atoms with van der Waals surface area (Å²) < 4.78 is 6.09. The van der Waals surface area contributed by atoms with Crippen molar-refractivity contribution in [2.45, 2.75) is 0 Å². The quantitative estimate of drug-likeness (QED) is 0.866. The van der Waals surface area contributed by atoms with Crippen LogP contribution in [0.1, 0.15) is 5.56 Å². The van der Waals surface area contributed by atoms with Crippen LogP contribution in [0.15, 0.2) is 22.7 Å². The molecular weight excluding hydrogens is 336 g/mol. The third-order valence-electron chi connectivity index (χ3n) is 2.56. The Morgan fingerprint density at radius 2 is 2.00 bits per heavy atom. The van der Waals surface area contributed by atoms with E-state index in [2.05, 4.69) is 25.9 Å². The van der Waals surface area contributed by atoms with Gasteiger partial charge in [-0.25, -0.2) is 4.98 Å². The molecular formula is C13H9BrN6O. The van der Waals surface area contributed by atoms with Crippen molar-refractivity contribution >= 4 is 27.7 Å². The third kappa shape index (κ3) is 3.02. The summed E-state index contributed by atoms with van der Waals surface area (Å²) >= 11 is 3.34. The molecule has 7 nitrogen and oxygen atoms in total. The molecule has 0 unspecified atom stereocenters. The number of halogens is 1. The van der Waals surface area contributed by atoms with Gasteiger partial charge in [0.1, 0.15) is 29.3 Å². The van der Waals surface area contributed by atoms with Crippen LogP contribution in [0.4, 0.5) is 11.8 Å². The number of hydrogen-bond donors (Lipinski definition) is 2. The number of benzene rings is 1. The van der Waals surface area contributed by atoms with Gasteiger partial charge in [-0.1, -0.05) is 15.9 Å². The van der Waals surface area contributed by atoms with Crippen LogP contribution in [0.25, 0.3) is 11.3 Å². The first kappa shape index (κ1) is 14.6. The Bertz CT molecular complexity index is 777. The summed E-state index contributed by atoms with van der Waals surface area (Å²) in [4.78, 5) is 7.83. The zero-order chi connectivity index (χ0) is 15.4. The SMILES string of the molecule is N#CCOc1ccc(Br)cc1-c1nc(N)nc(N)c1C#N. The van der Waals surface area contributed by atoms with Crippen molar-refractivity contribution in [3.63, 3.8) is 0 Å². The average molecular weight is 345 g/mol. The van der Waals surface area contributed by atoms with Gasteiger partial charge in [0.05, 0.1) is 5.69 Å². The lowest BCUT2D eigenvalue weighted by atomic mass is 10.1. The van der Waals surface area contributed by atoms with Gasteiger partial charge in [0.2, 0.25) is 5.95 Å². The molecule has 0 aliphatic carbocycles. The zero-order valence-corrected chi connectivity index (χ0v) is 12.3. The third-order valence-corrected chi connectivity index (χ3v) is 3.05.